The van der Waals surface area contributed by atoms with E-state index in [0.29, 0.717) is 74.4 Å². The molecule has 4 aromatic heterocycles. The molecule has 1 saturated heterocycles. The van der Waals surface area contributed by atoms with Gasteiger partial charge < -0.3 is 29.8 Å². The van der Waals surface area contributed by atoms with Gasteiger partial charge in [-0.1, -0.05) is 24.3 Å². The van der Waals surface area contributed by atoms with E-state index < -0.39 is 30.0 Å². The summed E-state index contributed by atoms with van der Waals surface area (Å²) in [6.07, 6.45) is 5.47. The summed E-state index contributed by atoms with van der Waals surface area (Å²) in [5, 5.41) is 15.5. The number of imidazole rings is 1. The average molecular weight is 867 g/mol. The van der Waals surface area contributed by atoms with Gasteiger partial charge in [0.1, 0.15) is 18.1 Å². The van der Waals surface area contributed by atoms with Crippen LogP contribution in [0.25, 0.3) is 28.2 Å². The van der Waals surface area contributed by atoms with Crippen molar-refractivity contribution >= 4 is 40.3 Å². The zero-order valence-electron chi connectivity index (χ0n) is 34.6. The highest BCUT2D eigenvalue weighted by Gasteiger charge is 2.32. The molecule has 3 amide bonds. The molecule has 2 aliphatic rings. The van der Waals surface area contributed by atoms with Gasteiger partial charge in [-0.05, 0) is 79.5 Å². The fraction of sp³-hybridized carbons (Fsp3) is 0.386. The van der Waals surface area contributed by atoms with E-state index in [1.807, 2.05) is 30.3 Å². The number of halogens is 2. The van der Waals surface area contributed by atoms with Crippen LogP contribution in [0.3, 0.4) is 0 Å². The minimum Gasteiger partial charge on any atom is -0.444 e. The average Bonchev–Trinajstić information content (AvgIpc) is 3.68. The molecule has 1 aliphatic heterocycles. The number of alkyl halides is 2. The number of fused-ring (bicyclic) bond motifs is 1. The van der Waals surface area contributed by atoms with Crippen molar-refractivity contribution in [3.63, 3.8) is 0 Å². The molecule has 4 N–H and O–H groups in total. The Kier molecular flexibility index (Phi) is 13.4. The van der Waals surface area contributed by atoms with Gasteiger partial charge in [-0.25, -0.2) is 28.2 Å². The molecule has 6 aromatic rings. The lowest BCUT2D eigenvalue weighted by Crippen LogP contribution is -2.44. The Bertz CT molecular complexity index is 2630. The first-order chi connectivity index (χ1) is 30.6. The van der Waals surface area contributed by atoms with Gasteiger partial charge in [-0.3, -0.25) is 28.8 Å². The molecule has 0 radical (unpaired) electrons. The number of nitrogens with zero attached hydrogens (tertiary/aromatic N) is 6. The predicted octanol–water partition coefficient (Wildman–Crippen LogP) is 5.32. The van der Waals surface area contributed by atoms with Gasteiger partial charge in [0.05, 0.1) is 48.4 Å². The van der Waals surface area contributed by atoms with Gasteiger partial charge in [0.25, 0.3) is 12.3 Å². The first kappa shape index (κ1) is 43.1. The number of oxazole rings is 1. The molecule has 2 fully saturated rings. The summed E-state index contributed by atoms with van der Waals surface area (Å²) in [5.41, 5.74) is 3.43. The predicted molar refractivity (Wildman–Crippen MR) is 228 cm³/mol. The van der Waals surface area contributed by atoms with E-state index in [-0.39, 0.29) is 41.7 Å². The van der Waals surface area contributed by atoms with Gasteiger partial charge in [0, 0.05) is 51.5 Å². The van der Waals surface area contributed by atoms with E-state index in [1.54, 1.807) is 42.1 Å². The molecule has 1 atom stereocenters. The van der Waals surface area contributed by atoms with Gasteiger partial charge in [-0.15, -0.1) is 0 Å². The van der Waals surface area contributed by atoms with E-state index in [2.05, 4.69) is 36.3 Å². The van der Waals surface area contributed by atoms with Crippen LogP contribution in [0.4, 0.5) is 20.3 Å². The fourth-order valence-electron chi connectivity index (χ4n) is 7.49. The third-order valence-corrected chi connectivity index (χ3v) is 11.0. The van der Waals surface area contributed by atoms with Crippen molar-refractivity contribution < 1.29 is 37.1 Å². The number of amides is 3. The Morgan fingerprint density at radius 2 is 1.83 bits per heavy atom. The summed E-state index contributed by atoms with van der Waals surface area (Å²) in [5.74, 6) is 0.0235. The van der Waals surface area contributed by atoms with Gasteiger partial charge in [0.15, 0.2) is 11.4 Å². The highest BCUT2D eigenvalue weighted by atomic mass is 19.3. The first-order valence-corrected chi connectivity index (χ1v) is 21.0. The minimum atomic E-state index is -2.94. The Labute approximate surface area is 360 Å². The molecule has 1 aliphatic carbocycles. The molecule has 0 spiro atoms. The number of hydrogen-bond donors (Lipinski definition) is 4. The van der Waals surface area contributed by atoms with Crippen LogP contribution >= 0.6 is 0 Å². The number of pyridine rings is 1. The number of imide groups is 1. The monoisotopic (exact) mass is 866 g/mol. The summed E-state index contributed by atoms with van der Waals surface area (Å²) in [7, 11) is 1.69. The molecular formula is C44H48F2N10O7. The number of aryl methyl sites for hydroxylation is 2. The molecule has 63 heavy (non-hydrogen) atoms. The summed E-state index contributed by atoms with van der Waals surface area (Å²) in [6.45, 7) is 3.80. The number of ether oxygens (including phenoxy) is 2. The maximum absolute atomic E-state index is 14.0. The summed E-state index contributed by atoms with van der Waals surface area (Å²) in [6, 6.07) is 15.6. The third kappa shape index (κ3) is 10.4. The number of carbonyl (C=O) groups is 3. The van der Waals surface area contributed by atoms with Gasteiger partial charge in [0.2, 0.25) is 17.7 Å². The molecule has 1 saturated carbocycles. The molecule has 2 aromatic carbocycles. The van der Waals surface area contributed by atoms with Gasteiger partial charge >= 0.3 is 5.69 Å². The van der Waals surface area contributed by atoms with Crippen molar-refractivity contribution in [2.45, 2.75) is 57.5 Å². The lowest BCUT2D eigenvalue weighted by atomic mass is 10.0. The van der Waals surface area contributed by atoms with Crippen LogP contribution in [-0.2, 0) is 39.1 Å². The molecule has 17 nitrogen and oxygen atoms in total. The molecule has 0 bridgehead atoms. The van der Waals surface area contributed by atoms with E-state index >= 15 is 0 Å². The van der Waals surface area contributed by atoms with E-state index in [4.69, 9.17) is 13.9 Å². The van der Waals surface area contributed by atoms with Crippen molar-refractivity contribution in [2.75, 3.05) is 50.2 Å². The van der Waals surface area contributed by atoms with Crippen LogP contribution in [0.2, 0.25) is 0 Å². The Morgan fingerprint density at radius 1 is 1.02 bits per heavy atom. The molecule has 5 heterocycles. The van der Waals surface area contributed by atoms with E-state index in [1.165, 1.54) is 34.6 Å². The fourth-order valence-corrected chi connectivity index (χ4v) is 7.49. The minimum absolute atomic E-state index is 0.0745. The second-order valence-electron chi connectivity index (χ2n) is 15.6. The largest absolute Gasteiger partial charge is 0.444 e. The highest BCUT2D eigenvalue weighted by molar-refractivity contribution is 6.03. The van der Waals surface area contributed by atoms with Crippen LogP contribution in [0.1, 0.15) is 71.9 Å². The Hall–Kier alpha value is -6.57. The van der Waals surface area contributed by atoms with E-state index in [0.717, 1.165) is 29.6 Å². The standard InChI is InChI=1S/C44H48F2N10O7/c1-54-39-29(4-2-6-34(39)56(44(54)60)35-13-14-37(57)52-42(35)59)5-3-18-61-20-21-62-19-17-47-23-27-9-11-31(12-10-27)55-25-32(38(53-55)40(45)46)50-41(58)33-26-63-43(51-33)30-15-16-48-36(22-30)49-24-28-7-8-28/h2,4,6,9-12,15-16,22,25-26,28,35,40,47H,3,5,7-8,13-14,17-21,23-24H2,1H3,(H,48,49)(H,50,58)(H,52,57,59). The van der Waals surface area contributed by atoms with Crippen molar-refractivity contribution in [1.29, 1.82) is 0 Å². The molecule has 330 valence electrons. The zero-order valence-corrected chi connectivity index (χ0v) is 34.6. The molecule has 19 heteroatoms. The van der Waals surface area contributed by atoms with Crippen molar-refractivity contribution in [3.05, 3.63) is 106 Å². The number of piperidine rings is 1. The van der Waals surface area contributed by atoms with Crippen LogP contribution < -0.4 is 27.0 Å². The van der Waals surface area contributed by atoms with Gasteiger partial charge in [-0.2, -0.15) is 5.10 Å². The first-order valence-electron chi connectivity index (χ1n) is 21.0. The topological polar surface area (TPSA) is 201 Å². The Morgan fingerprint density at radius 3 is 2.60 bits per heavy atom. The third-order valence-electron chi connectivity index (χ3n) is 11.0. The van der Waals surface area contributed by atoms with Crippen LogP contribution in [0.5, 0.6) is 0 Å². The SMILES string of the molecule is Cn1c(=O)n(C2CCC(=O)NC2=O)c2cccc(CCCOCCOCCNCc3ccc(-n4cc(NC(=O)c5coc(-c6ccnc(NCC7CC7)c6)n5)c(C(F)F)n4)cc3)c21. The highest BCUT2D eigenvalue weighted by Crippen LogP contribution is 2.31. The Balaban J connectivity index is 0.738. The zero-order chi connectivity index (χ0) is 43.9. The maximum atomic E-state index is 14.0. The summed E-state index contributed by atoms with van der Waals surface area (Å²) < 4.78 is 49.4. The van der Waals surface area contributed by atoms with Crippen molar-refractivity contribution in [1.82, 2.24) is 39.5 Å². The molecule has 1 unspecified atom stereocenters. The number of rotatable bonds is 21. The summed E-state index contributed by atoms with van der Waals surface area (Å²) in [4.78, 5) is 59.0. The number of carbonyl (C=O) groups excluding carboxylic acids is 3. The second-order valence-corrected chi connectivity index (χ2v) is 15.6. The number of anilines is 2. The number of nitrogens with one attached hydrogen (secondary N) is 4. The van der Waals surface area contributed by atoms with Crippen LogP contribution in [0.15, 0.2) is 82.5 Å². The normalized spacial score (nSPS) is 15.3. The summed E-state index contributed by atoms with van der Waals surface area (Å²) >= 11 is 0. The van der Waals surface area contributed by atoms with Crippen molar-refractivity contribution in [2.24, 2.45) is 13.0 Å². The number of hydrogen-bond acceptors (Lipinski definition) is 12. The number of aromatic nitrogens is 6. The molecular weight excluding hydrogens is 819 g/mol. The lowest BCUT2D eigenvalue weighted by Gasteiger charge is -2.21. The molecule has 8 rings (SSSR count). The second kappa shape index (κ2) is 19.6. The van der Waals surface area contributed by atoms with Crippen LogP contribution in [-0.4, -0.2) is 86.1 Å². The quantitative estimate of drug-likeness (QED) is 0.0537. The number of para-hydroxylation sites is 1. The van der Waals surface area contributed by atoms with Crippen LogP contribution in [0, 0.1) is 5.92 Å². The lowest BCUT2D eigenvalue weighted by molar-refractivity contribution is -0.135. The van der Waals surface area contributed by atoms with E-state index in [9.17, 15) is 28.0 Å². The van der Waals surface area contributed by atoms with Crippen molar-refractivity contribution in [3.8, 4) is 17.1 Å². The maximum Gasteiger partial charge on any atom is 0.329 e. The number of benzene rings is 2. The smallest absolute Gasteiger partial charge is 0.329 e.